The highest BCUT2D eigenvalue weighted by molar-refractivity contribution is 5.96. The average Bonchev–Trinajstić information content (AvgIpc) is 3.59. The number of carbonyl (C=O) groups excluding carboxylic acids is 1. The second-order valence-electron chi connectivity index (χ2n) is 12.4. The lowest BCUT2D eigenvalue weighted by molar-refractivity contribution is -0.117. The average molecular weight is 608 g/mol. The molecule has 5 heterocycles. The molecule has 1 amide bonds. The Morgan fingerprint density at radius 1 is 1.00 bits per heavy atom. The third kappa shape index (κ3) is 6.80. The number of benzene rings is 1. The fourth-order valence-electron chi connectivity index (χ4n) is 5.01. The number of H-pyrrole nitrogens is 2. The first kappa shape index (κ1) is 29.8. The Kier molecular flexibility index (Phi) is 7.98. The van der Waals surface area contributed by atoms with Crippen LogP contribution in [-0.2, 0) is 4.79 Å². The van der Waals surface area contributed by atoms with Crippen LogP contribution >= 0.6 is 0 Å². The summed E-state index contributed by atoms with van der Waals surface area (Å²) in [6, 6.07) is 10.3. The van der Waals surface area contributed by atoms with E-state index in [4.69, 9.17) is 9.72 Å². The molecule has 0 saturated heterocycles. The van der Waals surface area contributed by atoms with Gasteiger partial charge < -0.3 is 19.9 Å². The van der Waals surface area contributed by atoms with Gasteiger partial charge in [-0.3, -0.25) is 14.9 Å². The van der Waals surface area contributed by atoms with Gasteiger partial charge in [0, 0.05) is 54.3 Å². The molecule has 0 aliphatic carbocycles. The Morgan fingerprint density at radius 2 is 1.82 bits per heavy atom. The third-order valence-electron chi connectivity index (χ3n) is 7.07. The summed E-state index contributed by atoms with van der Waals surface area (Å²) in [7, 11) is 3.91. The van der Waals surface area contributed by atoms with Gasteiger partial charge in [-0.05, 0) is 55.4 Å². The monoisotopic (exact) mass is 607 g/mol. The number of aromatic amines is 2. The molecule has 230 valence electrons. The molecule has 0 fully saturated rings. The van der Waals surface area contributed by atoms with Gasteiger partial charge in [0.25, 0.3) is 0 Å². The number of ether oxygens (including phenoxy) is 1. The molecule has 0 saturated carbocycles. The smallest absolute Gasteiger partial charge is 0.224 e. The molecule has 0 aliphatic rings. The largest absolute Gasteiger partial charge is 0.492 e. The van der Waals surface area contributed by atoms with Crippen LogP contribution in [0.1, 0.15) is 27.2 Å². The van der Waals surface area contributed by atoms with Gasteiger partial charge in [0.05, 0.1) is 22.8 Å². The Balaban J connectivity index is 1.33. The number of halogens is 1. The predicted octanol–water partition coefficient (Wildman–Crippen LogP) is 6.08. The number of nitrogens with zero attached hydrogens (tertiary/aromatic N) is 6. The van der Waals surface area contributed by atoms with Crippen molar-refractivity contribution in [3.8, 4) is 39.5 Å². The summed E-state index contributed by atoms with van der Waals surface area (Å²) in [6.45, 7) is 7.20. The first-order chi connectivity index (χ1) is 21.5. The Bertz CT molecular complexity index is 2010. The number of carbonyl (C=O) groups is 1. The van der Waals surface area contributed by atoms with Crippen LogP contribution in [-0.4, -0.2) is 73.2 Å². The molecule has 0 atom stereocenters. The number of nitrogens with one attached hydrogen (secondary N) is 3. The molecule has 12 heteroatoms. The van der Waals surface area contributed by atoms with Crippen LogP contribution in [0.2, 0.25) is 0 Å². The van der Waals surface area contributed by atoms with Crippen LogP contribution < -0.4 is 10.1 Å². The number of likely N-dealkylation sites (N-methyl/N-ethyl adjacent to an activating group) is 1. The maximum atomic E-state index is 14.7. The lowest BCUT2D eigenvalue weighted by Crippen LogP contribution is -2.19. The van der Waals surface area contributed by atoms with Crippen molar-refractivity contribution >= 4 is 33.8 Å². The molecule has 45 heavy (non-hydrogen) atoms. The number of hydrogen-bond acceptors (Lipinski definition) is 8. The van der Waals surface area contributed by atoms with Crippen LogP contribution in [0.15, 0.2) is 61.2 Å². The van der Waals surface area contributed by atoms with Gasteiger partial charge >= 0.3 is 0 Å². The summed E-state index contributed by atoms with van der Waals surface area (Å²) < 4.78 is 20.5. The van der Waals surface area contributed by atoms with E-state index >= 15 is 0 Å². The highest BCUT2D eigenvalue weighted by Gasteiger charge is 2.19. The predicted molar refractivity (Wildman–Crippen MR) is 172 cm³/mol. The first-order valence-corrected chi connectivity index (χ1v) is 14.6. The maximum Gasteiger partial charge on any atom is 0.224 e. The Labute approximate surface area is 259 Å². The summed E-state index contributed by atoms with van der Waals surface area (Å²) in [4.78, 5) is 35.9. The van der Waals surface area contributed by atoms with E-state index in [1.54, 1.807) is 24.8 Å². The zero-order valence-corrected chi connectivity index (χ0v) is 25.8. The van der Waals surface area contributed by atoms with E-state index in [-0.39, 0.29) is 11.3 Å². The normalized spacial score (nSPS) is 11.9. The standard InChI is InChI=1S/C33H34FN9O2/c1-33(2,3)15-27(44)38-23-11-20(16-35-18-23)21-13-26-29(41-42-30(26)37-17-21)32-39-28-25(6-7-36-31(28)40-32)19-10-22(34)14-24(12-19)45-9-8-43(4)5/h6-7,10-14,16-18H,8-9,15H2,1-5H3,(H,38,44)(H,36,39,40)(H,37,41,42). The Morgan fingerprint density at radius 3 is 2.62 bits per heavy atom. The first-order valence-electron chi connectivity index (χ1n) is 14.6. The highest BCUT2D eigenvalue weighted by Crippen LogP contribution is 2.34. The van der Waals surface area contributed by atoms with E-state index in [1.807, 2.05) is 64.0 Å². The van der Waals surface area contributed by atoms with E-state index in [0.29, 0.717) is 64.9 Å². The molecule has 11 nitrogen and oxygen atoms in total. The van der Waals surface area contributed by atoms with Gasteiger partial charge in [0.2, 0.25) is 5.91 Å². The van der Waals surface area contributed by atoms with Crippen molar-refractivity contribution in [3.05, 3.63) is 67.0 Å². The van der Waals surface area contributed by atoms with Crippen molar-refractivity contribution in [2.24, 2.45) is 5.41 Å². The zero-order chi connectivity index (χ0) is 31.7. The number of fused-ring (bicyclic) bond motifs is 2. The van der Waals surface area contributed by atoms with E-state index in [9.17, 15) is 9.18 Å². The summed E-state index contributed by atoms with van der Waals surface area (Å²) in [5, 5.41) is 11.1. The summed E-state index contributed by atoms with van der Waals surface area (Å²) >= 11 is 0. The molecule has 5 aromatic heterocycles. The van der Waals surface area contributed by atoms with E-state index in [1.165, 1.54) is 12.1 Å². The molecule has 3 N–H and O–H groups in total. The van der Waals surface area contributed by atoms with Crippen molar-refractivity contribution in [1.82, 2.24) is 40.0 Å². The molecule has 6 aromatic rings. The van der Waals surface area contributed by atoms with Crippen molar-refractivity contribution in [3.63, 3.8) is 0 Å². The number of rotatable bonds is 9. The van der Waals surface area contributed by atoms with E-state index in [2.05, 4.69) is 35.5 Å². The third-order valence-corrected chi connectivity index (χ3v) is 7.07. The lowest BCUT2D eigenvalue weighted by atomic mass is 9.92. The lowest BCUT2D eigenvalue weighted by Gasteiger charge is -2.17. The van der Waals surface area contributed by atoms with Gasteiger partial charge in [-0.1, -0.05) is 20.8 Å². The molecule has 0 radical (unpaired) electrons. The quantitative estimate of drug-likeness (QED) is 0.180. The SMILES string of the molecule is CN(C)CCOc1cc(F)cc(-c2ccnc3nc(-c4[nH]nc5ncc(-c6cncc(NC(=O)CC(C)(C)C)c6)cc45)[nH]c23)c1. The number of imidazole rings is 1. The van der Waals surface area contributed by atoms with Gasteiger partial charge in [0.15, 0.2) is 17.1 Å². The highest BCUT2D eigenvalue weighted by atomic mass is 19.1. The number of pyridine rings is 3. The number of amides is 1. The molecular formula is C33H34FN9O2. The van der Waals surface area contributed by atoms with Crippen molar-refractivity contribution < 1.29 is 13.9 Å². The molecular weight excluding hydrogens is 573 g/mol. The van der Waals surface area contributed by atoms with Gasteiger partial charge in [0.1, 0.15) is 23.9 Å². The number of anilines is 1. The number of hydrogen-bond donors (Lipinski definition) is 3. The van der Waals surface area contributed by atoms with Crippen LogP contribution in [0.25, 0.3) is 56.0 Å². The van der Waals surface area contributed by atoms with Gasteiger partial charge in [-0.15, -0.1) is 0 Å². The van der Waals surface area contributed by atoms with Gasteiger partial charge in [-0.2, -0.15) is 5.10 Å². The molecule has 0 unspecified atom stereocenters. The van der Waals surface area contributed by atoms with Crippen molar-refractivity contribution in [1.29, 1.82) is 0 Å². The van der Waals surface area contributed by atoms with E-state index < -0.39 is 5.82 Å². The minimum Gasteiger partial charge on any atom is -0.492 e. The maximum absolute atomic E-state index is 14.7. The van der Waals surface area contributed by atoms with Crippen molar-refractivity contribution in [2.75, 3.05) is 32.6 Å². The Hall–Kier alpha value is -5.23. The second-order valence-corrected chi connectivity index (χ2v) is 12.4. The van der Waals surface area contributed by atoms with Gasteiger partial charge in [-0.25, -0.2) is 19.3 Å². The van der Waals surface area contributed by atoms with Crippen LogP contribution in [0.3, 0.4) is 0 Å². The second kappa shape index (κ2) is 12.0. The summed E-state index contributed by atoms with van der Waals surface area (Å²) in [6.07, 6.45) is 7.09. The molecule has 1 aromatic carbocycles. The molecule has 6 rings (SSSR count). The molecule has 0 spiro atoms. The van der Waals surface area contributed by atoms with Crippen molar-refractivity contribution in [2.45, 2.75) is 27.2 Å². The minimum absolute atomic E-state index is 0.0728. The topological polar surface area (TPSA) is 138 Å². The van der Waals surface area contributed by atoms with Crippen LogP contribution in [0, 0.1) is 11.2 Å². The fraction of sp³-hybridized carbons (Fsp3) is 0.273. The van der Waals surface area contributed by atoms with Crippen LogP contribution in [0.4, 0.5) is 10.1 Å². The fourth-order valence-corrected chi connectivity index (χ4v) is 5.01. The van der Waals surface area contributed by atoms with Crippen LogP contribution in [0.5, 0.6) is 5.75 Å². The molecule has 0 bridgehead atoms. The summed E-state index contributed by atoms with van der Waals surface area (Å²) in [5.41, 5.74) is 5.67. The summed E-state index contributed by atoms with van der Waals surface area (Å²) in [5.74, 6) is 0.479. The number of aromatic nitrogens is 7. The van der Waals surface area contributed by atoms with E-state index in [0.717, 1.165) is 22.1 Å². The molecule has 0 aliphatic heterocycles. The minimum atomic E-state index is -0.400. The zero-order valence-electron chi connectivity index (χ0n) is 25.8.